The Labute approximate surface area is 67.1 Å². The number of hydrogen-bond donors (Lipinski definition) is 2. The van der Waals surface area contributed by atoms with Gasteiger partial charge in [0, 0.05) is 6.04 Å². The minimum Gasteiger partial charge on any atom is -0.389 e. The summed E-state index contributed by atoms with van der Waals surface area (Å²) in [6.07, 6.45) is 1.45. The van der Waals surface area contributed by atoms with Crippen molar-refractivity contribution in [2.24, 2.45) is 0 Å². The van der Waals surface area contributed by atoms with E-state index >= 15 is 0 Å². The van der Waals surface area contributed by atoms with Crippen LogP contribution >= 0.6 is 0 Å². The number of aliphatic hydroxyl groups is 1. The van der Waals surface area contributed by atoms with Gasteiger partial charge in [0.15, 0.2) is 0 Å². The highest BCUT2D eigenvalue weighted by molar-refractivity contribution is 4.89. The normalized spacial score (nSPS) is 33.6. The van der Waals surface area contributed by atoms with E-state index in [4.69, 9.17) is 4.74 Å². The Hall–Kier alpha value is -0.380. The fourth-order valence-corrected chi connectivity index (χ4v) is 1.11. The van der Waals surface area contributed by atoms with Crippen LogP contribution in [0.5, 0.6) is 0 Å². The summed E-state index contributed by atoms with van der Waals surface area (Å²) < 4.78 is 5.07. The highest BCUT2D eigenvalue weighted by Crippen LogP contribution is 2.05. The third-order valence-corrected chi connectivity index (χ3v) is 1.88. The second-order valence-electron chi connectivity index (χ2n) is 2.90. The fourth-order valence-electron chi connectivity index (χ4n) is 1.11. The van der Waals surface area contributed by atoms with Crippen LogP contribution in [0.3, 0.4) is 0 Å². The Morgan fingerprint density at radius 1 is 1.73 bits per heavy atom. The molecule has 1 heterocycles. The van der Waals surface area contributed by atoms with Gasteiger partial charge in [-0.1, -0.05) is 6.08 Å². The van der Waals surface area contributed by atoms with E-state index in [1.54, 1.807) is 0 Å². The molecule has 64 valence electrons. The van der Waals surface area contributed by atoms with Crippen LogP contribution in [0.15, 0.2) is 12.7 Å². The molecule has 3 atom stereocenters. The molecule has 11 heavy (non-hydrogen) atoms. The predicted molar refractivity (Wildman–Crippen MR) is 43.4 cm³/mol. The lowest BCUT2D eigenvalue weighted by Crippen LogP contribution is -2.42. The molecule has 1 unspecified atom stereocenters. The zero-order valence-corrected chi connectivity index (χ0v) is 6.79. The number of hydrogen-bond acceptors (Lipinski definition) is 3. The summed E-state index contributed by atoms with van der Waals surface area (Å²) in [6.45, 7) is 6.68. The van der Waals surface area contributed by atoms with Crippen molar-refractivity contribution in [2.45, 2.75) is 25.1 Å². The zero-order valence-electron chi connectivity index (χ0n) is 6.79. The minimum absolute atomic E-state index is 0.0722. The van der Waals surface area contributed by atoms with Crippen LogP contribution in [-0.4, -0.2) is 36.5 Å². The van der Waals surface area contributed by atoms with Crippen molar-refractivity contribution < 1.29 is 9.84 Å². The van der Waals surface area contributed by atoms with E-state index in [0.29, 0.717) is 13.2 Å². The van der Waals surface area contributed by atoms with Gasteiger partial charge in [-0.3, -0.25) is 0 Å². The van der Waals surface area contributed by atoms with Gasteiger partial charge in [-0.2, -0.15) is 0 Å². The molecule has 1 aliphatic rings. The largest absolute Gasteiger partial charge is 0.389 e. The highest BCUT2D eigenvalue weighted by atomic mass is 16.5. The fraction of sp³-hybridized carbons (Fsp3) is 0.750. The van der Waals surface area contributed by atoms with E-state index in [1.807, 2.05) is 13.0 Å². The summed E-state index contributed by atoms with van der Waals surface area (Å²) in [5, 5.41) is 12.5. The van der Waals surface area contributed by atoms with Crippen molar-refractivity contribution in [3.05, 3.63) is 12.7 Å². The lowest BCUT2D eigenvalue weighted by atomic mass is 10.2. The van der Waals surface area contributed by atoms with Crippen LogP contribution in [0.2, 0.25) is 0 Å². The Kier molecular flexibility index (Phi) is 3.05. The maximum absolute atomic E-state index is 9.31. The van der Waals surface area contributed by atoms with Gasteiger partial charge in [-0.15, -0.1) is 6.58 Å². The second-order valence-corrected chi connectivity index (χ2v) is 2.90. The van der Waals surface area contributed by atoms with E-state index < -0.39 is 0 Å². The molecule has 0 spiro atoms. The van der Waals surface area contributed by atoms with Gasteiger partial charge >= 0.3 is 0 Å². The molecular formula is C8H15NO2. The maximum Gasteiger partial charge on any atom is 0.0948 e. The molecule has 0 aromatic rings. The van der Waals surface area contributed by atoms with Crippen molar-refractivity contribution in [1.29, 1.82) is 0 Å². The third-order valence-electron chi connectivity index (χ3n) is 1.88. The molecule has 3 nitrogen and oxygen atoms in total. The molecule has 0 aliphatic carbocycles. The lowest BCUT2D eigenvalue weighted by Gasteiger charge is -2.17. The van der Waals surface area contributed by atoms with Gasteiger partial charge in [0.1, 0.15) is 0 Å². The summed E-state index contributed by atoms with van der Waals surface area (Å²) in [5.41, 5.74) is 0. The van der Waals surface area contributed by atoms with Gasteiger partial charge in [-0.25, -0.2) is 0 Å². The average molecular weight is 157 g/mol. The van der Waals surface area contributed by atoms with Crippen LogP contribution in [0.4, 0.5) is 0 Å². The van der Waals surface area contributed by atoms with Crippen LogP contribution < -0.4 is 5.32 Å². The summed E-state index contributed by atoms with van der Waals surface area (Å²) >= 11 is 0. The predicted octanol–water partition coefficient (Wildman–Crippen LogP) is -0.0898. The molecule has 1 aliphatic heterocycles. The first-order valence-electron chi connectivity index (χ1n) is 3.88. The van der Waals surface area contributed by atoms with E-state index in [2.05, 4.69) is 11.9 Å². The smallest absolute Gasteiger partial charge is 0.0948 e. The molecular weight excluding hydrogens is 142 g/mol. The quantitative estimate of drug-likeness (QED) is 0.563. The first kappa shape index (κ1) is 8.71. The van der Waals surface area contributed by atoms with Crippen LogP contribution in [0.1, 0.15) is 6.92 Å². The summed E-state index contributed by atoms with van der Waals surface area (Å²) in [5.74, 6) is 0. The van der Waals surface area contributed by atoms with Gasteiger partial charge in [0.05, 0.1) is 25.4 Å². The minimum atomic E-state index is -0.364. The number of aliphatic hydroxyl groups excluding tert-OH is 1. The van der Waals surface area contributed by atoms with Gasteiger partial charge in [-0.05, 0) is 6.92 Å². The Balaban J connectivity index is 2.30. The van der Waals surface area contributed by atoms with Crippen LogP contribution in [0, 0.1) is 0 Å². The monoisotopic (exact) mass is 157 g/mol. The van der Waals surface area contributed by atoms with E-state index in [9.17, 15) is 5.11 Å². The van der Waals surface area contributed by atoms with E-state index in [-0.39, 0.29) is 18.2 Å². The standard InChI is InChI=1S/C8H15NO2/c1-3-6(2)9-7-4-11-5-8(7)10/h3,6-10H,1,4-5H2,2H3/t6?,7-,8-/m1/s1. The molecule has 0 aromatic heterocycles. The number of ether oxygens (including phenoxy) is 1. The number of nitrogens with one attached hydrogen (secondary N) is 1. The molecule has 2 N–H and O–H groups in total. The maximum atomic E-state index is 9.31. The number of rotatable bonds is 3. The lowest BCUT2D eigenvalue weighted by molar-refractivity contribution is 0.122. The molecule has 0 saturated carbocycles. The zero-order chi connectivity index (χ0) is 8.27. The van der Waals surface area contributed by atoms with Crippen molar-refractivity contribution in [3.63, 3.8) is 0 Å². The summed E-state index contributed by atoms with van der Waals surface area (Å²) in [7, 11) is 0. The van der Waals surface area contributed by atoms with Crippen molar-refractivity contribution in [1.82, 2.24) is 5.32 Å². The molecule has 1 fully saturated rings. The van der Waals surface area contributed by atoms with Crippen LogP contribution in [0.25, 0.3) is 0 Å². The average Bonchev–Trinajstić information content (AvgIpc) is 2.37. The first-order chi connectivity index (χ1) is 5.24. The molecule has 1 rings (SSSR count). The Bertz CT molecular complexity index is 138. The van der Waals surface area contributed by atoms with Gasteiger partial charge in [0.25, 0.3) is 0 Å². The summed E-state index contributed by atoms with van der Waals surface area (Å²) in [6, 6.07) is 0.305. The van der Waals surface area contributed by atoms with Crippen LogP contribution in [-0.2, 0) is 4.74 Å². The summed E-state index contributed by atoms with van der Waals surface area (Å²) in [4.78, 5) is 0. The van der Waals surface area contributed by atoms with Gasteiger partial charge < -0.3 is 15.2 Å². The first-order valence-corrected chi connectivity index (χ1v) is 3.88. The van der Waals surface area contributed by atoms with E-state index in [0.717, 1.165) is 0 Å². The molecule has 0 aromatic carbocycles. The molecule has 0 amide bonds. The van der Waals surface area contributed by atoms with Crippen molar-refractivity contribution >= 4 is 0 Å². The topological polar surface area (TPSA) is 41.5 Å². The molecule has 3 heteroatoms. The molecule has 0 radical (unpaired) electrons. The molecule has 0 bridgehead atoms. The van der Waals surface area contributed by atoms with Crippen molar-refractivity contribution in [3.8, 4) is 0 Å². The van der Waals surface area contributed by atoms with Gasteiger partial charge in [0.2, 0.25) is 0 Å². The Morgan fingerprint density at radius 3 is 2.91 bits per heavy atom. The molecule has 1 saturated heterocycles. The van der Waals surface area contributed by atoms with Crippen molar-refractivity contribution in [2.75, 3.05) is 13.2 Å². The SMILES string of the molecule is C=CC(C)N[C@@H]1COC[C@H]1O. The van der Waals surface area contributed by atoms with E-state index in [1.165, 1.54) is 0 Å². The Morgan fingerprint density at radius 2 is 2.45 bits per heavy atom. The third kappa shape index (κ3) is 2.29. The highest BCUT2D eigenvalue weighted by Gasteiger charge is 2.26. The second kappa shape index (κ2) is 3.85.